The van der Waals surface area contributed by atoms with Crippen molar-refractivity contribution in [3.63, 3.8) is 0 Å². The van der Waals surface area contributed by atoms with Gasteiger partial charge in [-0.3, -0.25) is 4.79 Å². The molecule has 1 rings (SSSR count). The number of hydrogen-bond acceptors (Lipinski definition) is 2. The highest BCUT2D eigenvalue weighted by atomic mass is 16.5. The Morgan fingerprint density at radius 3 is 2.71 bits per heavy atom. The highest BCUT2D eigenvalue weighted by molar-refractivity contribution is 5.77. The Kier molecular flexibility index (Phi) is 1.01. The number of methoxy groups -OCH3 is 1. The van der Waals surface area contributed by atoms with Crippen LogP contribution >= 0.6 is 0 Å². The zero-order valence-corrected chi connectivity index (χ0v) is 4.18. The summed E-state index contributed by atoms with van der Waals surface area (Å²) in [4.78, 5) is 10.3. The molecule has 1 fully saturated rings. The minimum atomic E-state index is -0.0972. The SMILES string of the molecule is COC(=O)[C@H]1[CH]C1. The molecule has 0 aromatic rings. The number of carbonyl (C=O) groups excluding carboxylic acids is 1. The molecule has 0 heterocycles. The van der Waals surface area contributed by atoms with Gasteiger partial charge < -0.3 is 4.74 Å². The van der Waals surface area contributed by atoms with Crippen molar-refractivity contribution < 1.29 is 9.53 Å². The molecule has 1 aliphatic rings. The lowest BCUT2D eigenvalue weighted by Gasteiger charge is -1.89. The first-order chi connectivity index (χ1) is 3.34. The minimum absolute atomic E-state index is 0.0972. The van der Waals surface area contributed by atoms with Crippen molar-refractivity contribution in [2.75, 3.05) is 7.11 Å². The van der Waals surface area contributed by atoms with Crippen LogP contribution in [0.25, 0.3) is 0 Å². The van der Waals surface area contributed by atoms with Crippen LogP contribution in [0.2, 0.25) is 0 Å². The van der Waals surface area contributed by atoms with E-state index in [9.17, 15) is 4.79 Å². The zero-order chi connectivity index (χ0) is 5.28. The Balaban J connectivity index is 2.24. The van der Waals surface area contributed by atoms with E-state index in [4.69, 9.17) is 0 Å². The van der Waals surface area contributed by atoms with Crippen LogP contribution in [-0.2, 0) is 9.53 Å². The van der Waals surface area contributed by atoms with E-state index >= 15 is 0 Å². The fraction of sp³-hybridized carbons (Fsp3) is 0.600. The van der Waals surface area contributed by atoms with Gasteiger partial charge in [-0.05, 0) is 12.8 Å². The first kappa shape index (κ1) is 4.62. The van der Waals surface area contributed by atoms with Gasteiger partial charge in [0.15, 0.2) is 0 Å². The summed E-state index contributed by atoms with van der Waals surface area (Å²) in [6.45, 7) is 0. The lowest BCUT2D eigenvalue weighted by Crippen LogP contribution is -2.00. The van der Waals surface area contributed by atoms with E-state index in [1.54, 1.807) is 0 Å². The van der Waals surface area contributed by atoms with Crippen molar-refractivity contribution in [1.29, 1.82) is 0 Å². The third-order valence-electron chi connectivity index (χ3n) is 0.975. The molecule has 0 N–H and O–H groups in total. The van der Waals surface area contributed by atoms with Gasteiger partial charge >= 0.3 is 5.97 Å². The first-order valence-electron chi connectivity index (χ1n) is 2.26. The maximum absolute atomic E-state index is 10.3. The van der Waals surface area contributed by atoms with E-state index < -0.39 is 0 Å². The molecule has 1 saturated carbocycles. The van der Waals surface area contributed by atoms with Crippen LogP contribution in [0.5, 0.6) is 0 Å². The molecule has 0 saturated heterocycles. The summed E-state index contributed by atoms with van der Waals surface area (Å²) in [5, 5.41) is 0. The van der Waals surface area contributed by atoms with Gasteiger partial charge in [-0.1, -0.05) is 0 Å². The van der Waals surface area contributed by atoms with Crippen LogP contribution < -0.4 is 0 Å². The lowest BCUT2D eigenvalue weighted by molar-refractivity contribution is -0.141. The van der Waals surface area contributed by atoms with E-state index in [1.807, 2.05) is 6.42 Å². The van der Waals surface area contributed by atoms with Gasteiger partial charge in [0, 0.05) is 0 Å². The number of esters is 1. The number of carbonyl (C=O) groups is 1. The second-order valence-corrected chi connectivity index (χ2v) is 1.60. The largest absolute Gasteiger partial charge is 0.469 e. The summed E-state index contributed by atoms with van der Waals surface area (Å²) in [6.07, 6.45) is 2.83. The molecule has 0 aliphatic heterocycles. The van der Waals surface area contributed by atoms with Gasteiger partial charge in [0.2, 0.25) is 0 Å². The fourth-order valence-corrected chi connectivity index (χ4v) is 0.412. The quantitative estimate of drug-likeness (QED) is 0.444. The summed E-state index contributed by atoms with van der Waals surface area (Å²) in [6, 6.07) is 0. The van der Waals surface area contributed by atoms with Crippen LogP contribution in [0.1, 0.15) is 6.42 Å². The van der Waals surface area contributed by atoms with Crippen molar-refractivity contribution >= 4 is 5.97 Å². The van der Waals surface area contributed by atoms with Crippen LogP contribution in [0.3, 0.4) is 0 Å². The number of ether oxygens (including phenoxy) is 1. The molecule has 0 aromatic carbocycles. The van der Waals surface area contributed by atoms with Crippen LogP contribution in [0.15, 0.2) is 0 Å². The summed E-state index contributed by atoms with van der Waals surface area (Å²) < 4.78 is 4.40. The Morgan fingerprint density at radius 2 is 2.57 bits per heavy atom. The zero-order valence-electron chi connectivity index (χ0n) is 4.18. The molecule has 7 heavy (non-hydrogen) atoms. The molecule has 0 bridgehead atoms. The maximum atomic E-state index is 10.3. The standard InChI is InChI=1S/C5H7O2/c1-7-5(6)4-2-3-4/h2,4H,3H2,1H3/t4-/m0/s1. The summed E-state index contributed by atoms with van der Waals surface area (Å²) in [5.74, 6) is 0.0324. The van der Waals surface area contributed by atoms with E-state index in [-0.39, 0.29) is 11.9 Å². The average Bonchev–Trinajstić information content (AvgIpc) is 2.44. The molecule has 39 valence electrons. The van der Waals surface area contributed by atoms with Gasteiger partial charge in [0.1, 0.15) is 0 Å². The molecule has 1 aliphatic carbocycles. The van der Waals surface area contributed by atoms with Crippen molar-refractivity contribution in [3.8, 4) is 0 Å². The van der Waals surface area contributed by atoms with Crippen LogP contribution in [0.4, 0.5) is 0 Å². The third-order valence-corrected chi connectivity index (χ3v) is 0.975. The van der Waals surface area contributed by atoms with E-state index in [1.165, 1.54) is 7.11 Å². The Morgan fingerprint density at radius 1 is 2.00 bits per heavy atom. The van der Waals surface area contributed by atoms with Gasteiger partial charge in [-0.2, -0.15) is 0 Å². The Labute approximate surface area is 42.5 Å². The minimum Gasteiger partial charge on any atom is -0.469 e. The van der Waals surface area contributed by atoms with Crippen LogP contribution in [0, 0.1) is 12.3 Å². The van der Waals surface area contributed by atoms with Crippen molar-refractivity contribution in [2.24, 2.45) is 5.92 Å². The third kappa shape index (κ3) is 0.918. The van der Waals surface area contributed by atoms with Crippen molar-refractivity contribution in [2.45, 2.75) is 6.42 Å². The molecule has 2 heteroatoms. The Hall–Kier alpha value is -0.530. The van der Waals surface area contributed by atoms with E-state index in [0.29, 0.717) is 0 Å². The van der Waals surface area contributed by atoms with Crippen molar-refractivity contribution in [3.05, 3.63) is 6.42 Å². The van der Waals surface area contributed by atoms with Crippen molar-refractivity contribution in [1.82, 2.24) is 0 Å². The molecule has 1 radical (unpaired) electrons. The second-order valence-electron chi connectivity index (χ2n) is 1.60. The number of rotatable bonds is 1. The van der Waals surface area contributed by atoms with Gasteiger partial charge in [-0.15, -0.1) is 0 Å². The molecule has 0 spiro atoms. The predicted molar refractivity (Wildman–Crippen MR) is 24.4 cm³/mol. The van der Waals surface area contributed by atoms with Crippen LogP contribution in [-0.4, -0.2) is 13.1 Å². The topological polar surface area (TPSA) is 26.3 Å². The summed E-state index contributed by atoms with van der Waals surface area (Å²) in [5.41, 5.74) is 0. The van der Waals surface area contributed by atoms with Gasteiger partial charge in [0.05, 0.1) is 13.0 Å². The molecule has 0 unspecified atom stereocenters. The smallest absolute Gasteiger partial charge is 0.308 e. The Bertz CT molecular complexity index is 84.1. The molecular formula is C5H7O2. The molecule has 2 nitrogen and oxygen atoms in total. The van der Waals surface area contributed by atoms with Gasteiger partial charge in [0.25, 0.3) is 0 Å². The highest BCUT2D eigenvalue weighted by Gasteiger charge is 2.30. The molecule has 0 aromatic heterocycles. The van der Waals surface area contributed by atoms with E-state index in [2.05, 4.69) is 4.74 Å². The molecule has 1 atom stereocenters. The monoisotopic (exact) mass is 99.0 g/mol. The van der Waals surface area contributed by atoms with E-state index in [0.717, 1.165) is 6.42 Å². The lowest BCUT2D eigenvalue weighted by atomic mass is 10.4. The highest BCUT2D eigenvalue weighted by Crippen LogP contribution is 2.27. The normalized spacial score (nSPS) is 19.0. The molecular weight excluding hydrogens is 92.1 g/mol. The average molecular weight is 99.1 g/mol. The second kappa shape index (κ2) is 1.52. The number of hydrogen-bond donors (Lipinski definition) is 0. The van der Waals surface area contributed by atoms with Gasteiger partial charge in [-0.25, -0.2) is 0 Å². The maximum Gasteiger partial charge on any atom is 0.308 e. The molecule has 0 amide bonds. The fourth-order valence-electron chi connectivity index (χ4n) is 0.412. The predicted octanol–water partition coefficient (Wildman–Crippen LogP) is 0.384. The first-order valence-corrected chi connectivity index (χ1v) is 2.26. The summed E-state index contributed by atoms with van der Waals surface area (Å²) >= 11 is 0. The summed E-state index contributed by atoms with van der Waals surface area (Å²) in [7, 11) is 1.41.